The van der Waals surface area contributed by atoms with Gasteiger partial charge < -0.3 is 13.9 Å². The predicted octanol–water partition coefficient (Wildman–Crippen LogP) is 4.84. The third-order valence-electron chi connectivity index (χ3n) is 3.65. The van der Waals surface area contributed by atoms with Crippen molar-refractivity contribution in [1.82, 2.24) is 10.2 Å². The van der Waals surface area contributed by atoms with E-state index in [9.17, 15) is 0 Å². The summed E-state index contributed by atoms with van der Waals surface area (Å²) in [5.74, 6) is 3.12. The van der Waals surface area contributed by atoms with Crippen molar-refractivity contribution in [1.29, 1.82) is 0 Å². The summed E-state index contributed by atoms with van der Waals surface area (Å²) in [7, 11) is 0. The average Bonchev–Trinajstić information content (AvgIpc) is 2.97. The lowest BCUT2D eigenvalue weighted by atomic mass is 10.2. The van der Waals surface area contributed by atoms with Gasteiger partial charge in [0, 0.05) is 11.3 Å². The molecule has 0 spiro atoms. The first-order chi connectivity index (χ1) is 12.3. The number of benzene rings is 2. The summed E-state index contributed by atoms with van der Waals surface area (Å²) in [6.07, 6.45) is 0.893. The van der Waals surface area contributed by atoms with Crippen LogP contribution in [0.1, 0.15) is 12.3 Å². The predicted molar refractivity (Wildman–Crippen MR) is 96.4 cm³/mol. The number of hydrogen-bond donors (Lipinski definition) is 0. The van der Waals surface area contributed by atoms with Crippen LogP contribution in [-0.2, 0) is 5.75 Å². The number of fused-ring (bicyclic) bond motifs is 1. The molecular formula is C18H15ClN2O3S. The molecule has 0 unspecified atom stereocenters. The van der Waals surface area contributed by atoms with Crippen LogP contribution < -0.4 is 9.47 Å². The molecule has 0 aliphatic carbocycles. The van der Waals surface area contributed by atoms with Crippen molar-refractivity contribution in [3.05, 3.63) is 53.4 Å². The Hall–Kier alpha value is -2.18. The van der Waals surface area contributed by atoms with Crippen molar-refractivity contribution in [2.45, 2.75) is 17.1 Å². The van der Waals surface area contributed by atoms with Crippen molar-refractivity contribution in [2.24, 2.45) is 0 Å². The second kappa shape index (κ2) is 7.37. The van der Waals surface area contributed by atoms with E-state index in [4.69, 9.17) is 25.5 Å². The van der Waals surface area contributed by atoms with Gasteiger partial charge in [0.1, 0.15) is 0 Å². The smallest absolute Gasteiger partial charge is 0.249 e. The fourth-order valence-corrected chi connectivity index (χ4v) is 3.41. The van der Waals surface area contributed by atoms with Gasteiger partial charge in [-0.05, 0) is 30.3 Å². The molecule has 0 fully saturated rings. The minimum Gasteiger partial charge on any atom is -0.490 e. The first-order valence-electron chi connectivity index (χ1n) is 7.89. The molecule has 0 radical (unpaired) electrons. The summed E-state index contributed by atoms with van der Waals surface area (Å²) in [5, 5.41) is 8.77. The first-order valence-corrected chi connectivity index (χ1v) is 9.26. The molecule has 0 atom stereocenters. The van der Waals surface area contributed by atoms with Crippen molar-refractivity contribution < 1.29 is 13.9 Å². The number of rotatable bonds is 4. The van der Waals surface area contributed by atoms with Crippen molar-refractivity contribution in [3.63, 3.8) is 0 Å². The summed E-state index contributed by atoms with van der Waals surface area (Å²) in [6.45, 7) is 1.36. The highest BCUT2D eigenvalue weighted by Gasteiger charge is 2.14. The van der Waals surface area contributed by atoms with E-state index in [1.165, 1.54) is 0 Å². The monoisotopic (exact) mass is 374 g/mol. The summed E-state index contributed by atoms with van der Waals surface area (Å²) in [6, 6.07) is 13.3. The molecule has 0 amide bonds. The molecule has 0 N–H and O–H groups in total. The largest absolute Gasteiger partial charge is 0.490 e. The number of nitrogens with zero attached hydrogens (tertiary/aromatic N) is 2. The molecule has 128 valence electrons. The van der Waals surface area contributed by atoms with Gasteiger partial charge in [-0.3, -0.25) is 0 Å². The van der Waals surface area contributed by atoms with Gasteiger partial charge in [-0.1, -0.05) is 23.7 Å². The molecule has 1 aliphatic rings. The number of ether oxygens (including phenoxy) is 2. The quantitative estimate of drug-likeness (QED) is 0.609. The van der Waals surface area contributed by atoms with Crippen molar-refractivity contribution in [2.75, 3.05) is 13.2 Å². The lowest BCUT2D eigenvalue weighted by Crippen LogP contribution is -1.97. The first kappa shape index (κ1) is 16.3. The number of aromatic nitrogens is 2. The summed E-state index contributed by atoms with van der Waals surface area (Å²) in [5.41, 5.74) is 0.739. The second-order valence-corrected chi connectivity index (χ2v) is 6.88. The highest BCUT2D eigenvalue weighted by Crippen LogP contribution is 2.35. The van der Waals surface area contributed by atoms with Gasteiger partial charge in [0.25, 0.3) is 0 Å². The van der Waals surface area contributed by atoms with Gasteiger partial charge in [0.05, 0.1) is 29.6 Å². The highest BCUT2D eigenvalue weighted by atomic mass is 35.5. The maximum Gasteiger partial charge on any atom is 0.249 e. The lowest BCUT2D eigenvalue weighted by molar-refractivity contribution is 0.297. The molecule has 4 rings (SSSR count). The fraction of sp³-hybridized carbons (Fsp3) is 0.222. The van der Waals surface area contributed by atoms with E-state index in [1.807, 2.05) is 36.4 Å². The Morgan fingerprint density at radius 3 is 2.72 bits per heavy atom. The van der Waals surface area contributed by atoms with Crippen molar-refractivity contribution in [3.8, 4) is 23.0 Å². The Bertz CT molecular complexity index is 884. The Labute approximate surface area is 154 Å². The lowest BCUT2D eigenvalue weighted by Gasteiger charge is -2.08. The molecule has 2 aromatic carbocycles. The fourth-order valence-electron chi connectivity index (χ4n) is 2.43. The van der Waals surface area contributed by atoms with E-state index in [1.54, 1.807) is 17.8 Å². The normalized spacial score (nSPS) is 13.5. The van der Waals surface area contributed by atoms with Crippen LogP contribution in [0.3, 0.4) is 0 Å². The van der Waals surface area contributed by atoms with Gasteiger partial charge in [-0.15, -0.1) is 22.0 Å². The average molecular weight is 375 g/mol. The maximum absolute atomic E-state index is 6.16. The molecule has 0 bridgehead atoms. The molecular weight excluding hydrogens is 360 g/mol. The van der Waals surface area contributed by atoms with Crippen molar-refractivity contribution >= 4 is 23.4 Å². The van der Waals surface area contributed by atoms with E-state index in [2.05, 4.69) is 10.2 Å². The van der Waals surface area contributed by atoms with E-state index in [0.29, 0.717) is 35.8 Å². The Morgan fingerprint density at radius 2 is 1.84 bits per heavy atom. The second-order valence-electron chi connectivity index (χ2n) is 5.43. The van der Waals surface area contributed by atoms with Gasteiger partial charge >= 0.3 is 0 Å². The zero-order chi connectivity index (χ0) is 17.1. The van der Waals surface area contributed by atoms with Crippen LogP contribution in [-0.4, -0.2) is 23.4 Å². The minimum absolute atomic E-state index is 0.430. The van der Waals surface area contributed by atoms with Crippen LogP contribution in [0.4, 0.5) is 0 Å². The van der Waals surface area contributed by atoms with E-state index >= 15 is 0 Å². The molecule has 7 heteroatoms. The van der Waals surface area contributed by atoms with E-state index in [-0.39, 0.29) is 0 Å². The van der Waals surface area contributed by atoms with Crippen LogP contribution in [0.2, 0.25) is 5.02 Å². The van der Waals surface area contributed by atoms with Gasteiger partial charge in [0.15, 0.2) is 11.5 Å². The van der Waals surface area contributed by atoms with Gasteiger partial charge in [0.2, 0.25) is 11.8 Å². The van der Waals surface area contributed by atoms with Crippen LogP contribution >= 0.6 is 23.4 Å². The molecule has 1 aromatic heterocycles. The topological polar surface area (TPSA) is 57.4 Å². The zero-order valence-electron chi connectivity index (χ0n) is 13.3. The van der Waals surface area contributed by atoms with Crippen LogP contribution in [0.25, 0.3) is 11.5 Å². The molecule has 3 aromatic rings. The SMILES string of the molecule is Clc1ccccc1-c1nnc(CSc2ccc3c(c2)OCCCO3)o1. The Morgan fingerprint density at radius 1 is 1.00 bits per heavy atom. The summed E-state index contributed by atoms with van der Waals surface area (Å²) >= 11 is 7.76. The molecule has 0 saturated heterocycles. The molecule has 25 heavy (non-hydrogen) atoms. The Kier molecular flexibility index (Phi) is 4.81. The molecule has 0 saturated carbocycles. The van der Waals surface area contributed by atoms with E-state index in [0.717, 1.165) is 28.4 Å². The third kappa shape index (κ3) is 3.75. The molecule has 1 aliphatic heterocycles. The van der Waals surface area contributed by atoms with Gasteiger partial charge in [-0.2, -0.15) is 0 Å². The summed E-state index contributed by atoms with van der Waals surface area (Å²) in [4.78, 5) is 1.06. The molecule has 2 heterocycles. The number of halogens is 1. The summed E-state index contributed by atoms with van der Waals surface area (Å²) < 4.78 is 17.1. The van der Waals surface area contributed by atoms with Crippen LogP contribution in [0.5, 0.6) is 11.5 Å². The zero-order valence-corrected chi connectivity index (χ0v) is 14.8. The van der Waals surface area contributed by atoms with Gasteiger partial charge in [-0.25, -0.2) is 0 Å². The third-order valence-corrected chi connectivity index (χ3v) is 4.96. The van der Waals surface area contributed by atoms with E-state index < -0.39 is 0 Å². The maximum atomic E-state index is 6.16. The Balaban J connectivity index is 1.46. The highest BCUT2D eigenvalue weighted by molar-refractivity contribution is 7.98. The standard InChI is InChI=1S/C18H15ClN2O3S/c19-14-5-2-1-4-13(14)18-21-20-17(24-18)11-25-12-6-7-15-16(10-12)23-9-3-8-22-15/h1-2,4-7,10H,3,8-9,11H2. The number of hydrogen-bond acceptors (Lipinski definition) is 6. The van der Waals surface area contributed by atoms with Crippen LogP contribution in [0.15, 0.2) is 51.8 Å². The minimum atomic E-state index is 0.430. The van der Waals surface area contributed by atoms with Crippen LogP contribution in [0, 0.1) is 0 Å². The molecule has 5 nitrogen and oxygen atoms in total. The number of thioether (sulfide) groups is 1.